The molecule has 5 unspecified atom stereocenters. The minimum atomic E-state index is -1.59. The van der Waals surface area contributed by atoms with E-state index in [2.05, 4.69) is 0 Å². The van der Waals surface area contributed by atoms with Crippen LogP contribution in [0.2, 0.25) is 0 Å². The van der Waals surface area contributed by atoms with Gasteiger partial charge in [-0.1, -0.05) is 0 Å². The molecule has 0 spiro atoms. The van der Waals surface area contributed by atoms with Gasteiger partial charge in [0, 0.05) is 17.7 Å². The molecule has 1 saturated heterocycles. The van der Waals surface area contributed by atoms with Crippen molar-refractivity contribution >= 4 is 11.0 Å². The van der Waals surface area contributed by atoms with E-state index in [1.807, 2.05) is 0 Å². The molecule has 6 N–H and O–H groups in total. The number of aliphatic hydroxyl groups is 4. The molecule has 1 aliphatic heterocycles. The Bertz CT molecular complexity index is 1150. The van der Waals surface area contributed by atoms with E-state index < -0.39 is 37.3 Å². The SMILES string of the molecule is O=c1cc(-c2ccc(O)c(O)c2)oc2cc(OC3OC(CO)C(O)C(O)C3O)ccc12. The van der Waals surface area contributed by atoms with Crippen molar-refractivity contribution in [1.82, 2.24) is 0 Å². The van der Waals surface area contributed by atoms with Crippen molar-refractivity contribution < 1.29 is 44.5 Å². The van der Waals surface area contributed by atoms with Crippen LogP contribution in [0.25, 0.3) is 22.3 Å². The molecule has 10 nitrogen and oxygen atoms in total. The summed E-state index contributed by atoms with van der Waals surface area (Å²) in [5.74, 6) is -0.425. The van der Waals surface area contributed by atoms with Crippen molar-refractivity contribution in [3.05, 3.63) is 52.7 Å². The molecule has 2 heterocycles. The first-order chi connectivity index (χ1) is 14.8. The maximum atomic E-state index is 12.5. The van der Waals surface area contributed by atoms with E-state index in [9.17, 15) is 35.4 Å². The van der Waals surface area contributed by atoms with Gasteiger partial charge in [0.25, 0.3) is 0 Å². The zero-order valence-corrected chi connectivity index (χ0v) is 16.0. The number of hydrogen-bond donors (Lipinski definition) is 6. The molecule has 1 aromatic heterocycles. The highest BCUT2D eigenvalue weighted by atomic mass is 16.7. The monoisotopic (exact) mass is 432 g/mol. The highest BCUT2D eigenvalue weighted by molar-refractivity contribution is 5.80. The number of aromatic hydroxyl groups is 2. The molecule has 31 heavy (non-hydrogen) atoms. The molecule has 1 fully saturated rings. The molecule has 164 valence electrons. The first-order valence-corrected chi connectivity index (χ1v) is 9.36. The van der Waals surface area contributed by atoms with Gasteiger partial charge in [0.05, 0.1) is 12.0 Å². The Morgan fingerprint density at radius 1 is 0.903 bits per heavy atom. The lowest BCUT2D eigenvalue weighted by Crippen LogP contribution is -2.60. The van der Waals surface area contributed by atoms with Gasteiger partial charge in [0.15, 0.2) is 16.9 Å². The number of aliphatic hydroxyl groups excluding tert-OH is 4. The third-order valence-corrected chi connectivity index (χ3v) is 5.06. The van der Waals surface area contributed by atoms with Crippen LogP contribution < -0.4 is 10.2 Å². The Morgan fingerprint density at radius 3 is 2.39 bits per heavy atom. The molecule has 4 rings (SSSR count). The molecule has 0 amide bonds. The third kappa shape index (κ3) is 3.94. The van der Waals surface area contributed by atoms with E-state index in [1.165, 1.54) is 42.5 Å². The first-order valence-electron chi connectivity index (χ1n) is 9.36. The van der Waals surface area contributed by atoms with Crippen molar-refractivity contribution in [3.8, 4) is 28.6 Å². The Hall–Kier alpha value is -3.15. The number of phenolic OH excluding ortho intramolecular Hbond substituents is 2. The zero-order chi connectivity index (χ0) is 22.3. The number of phenols is 2. The number of rotatable bonds is 4. The smallest absolute Gasteiger partial charge is 0.229 e. The predicted octanol–water partition coefficient (Wildman–Crippen LogP) is 0.0499. The first kappa shape index (κ1) is 21.1. The maximum absolute atomic E-state index is 12.5. The summed E-state index contributed by atoms with van der Waals surface area (Å²) in [5.41, 5.74) is 0.134. The summed E-state index contributed by atoms with van der Waals surface area (Å²) in [5, 5.41) is 58.5. The number of ether oxygens (including phenoxy) is 2. The number of hydrogen-bond acceptors (Lipinski definition) is 10. The normalized spacial score (nSPS) is 26.1. The van der Waals surface area contributed by atoms with Gasteiger partial charge in [-0.25, -0.2) is 0 Å². The van der Waals surface area contributed by atoms with Gasteiger partial charge >= 0.3 is 0 Å². The van der Waals surface area contributed by atoms with Gasteiger partial charge in [-0.15, -0.1) is 0 Å². The van der Waals surface area contributed by atoms with Crippen LogP contribution in [0, 0.1) is 0 Å². The quantitative estimate of drug-likeness (QED) is 0.310. The van der Waals surface area contributed by atoms with Crippen molar-refractivity contribution in [2.75, 3.05) is 6.61 Å². The summed E-state index contributed by atoms with van der Waals surface area (Å²) in [7, 11) is 0. The molecule has 0 aliphatic carbocycles. The van der Waals surface area contributed by atoms with Gasteiger partial charge in [-0.05, 0) is 30.3 Å². The average molecular weight is 432 g/mol. The van der Waals surface area contributed by atoms with Crippen LogP contribution in [-0.2, 0) is 4.74 Å². The van der Waals surface area contributed by atoms with Gasteiger partial charge in [-0.3, -0.25) is 4.79 Å². The number of benzene rings is 2. The Balaban J connectivity index is 1.67. The second kappa shape index (κ2) is 8.17. The molecule has 10 heteroatoms. The van der Waals surface area contributed by atoms with Crippen LogP contribution in [0.1, 0.15) is 0 Å². The average Bonchev–Trinajstić information content (AvgIpc) is 2.75. The summed E-state index contributed by atoms with van der Waals surface area (Å²) in [6.07, 6.45) is -7.22. The van der Waals surface area contributed by atoms with Gasteiger partial charge in [-0.2, -0.15) is 0 Å². The standard InChI is InChI=1S/C21H20O10/c22-8-17-18(26)19(27)20(28)21(31-17)29-10-2-3-11-13(24)7-15(30-16(11)6-10)9-1-4-12(23)14(25)5-9/h1-7,17-23,25-28H,8H2. The summed E-state index contributed by atoms with van der Waals surface area (Å²) >= 11 is 0. The third-order valence-electron chi connectivity index (χ3n) is 5.06. The molecule has 2 aromatic carbocycles. The lowest BCUT2D eigenvalue weighted by atomic mass is 9.99. The second-order valence-corrected chi connectivity index (χ2v) is 7.15. The summed E-state index contributed by atoms with van der Waals surface area (Å²) in [4.78, 5) is 12.5. The molecule has 1 aliphatic rings. The summed E-state index contributed by atoms with van der Waals surface area (Å²) in [6.45, 7) is -0.597. The fourth-order valence-corrected chi connectivity index (χ4v) is 3.33. The Labute approximate surface area is 174 Å². The van der Waals surface area contributed by atoms with Crippen LogP contribution in [-0.4, -0.2) is 68.0 Å². The Kier molecular flexibility index (Phi) is 5.56. The second-order valence-electron chi connectivity index (χ2n) is 7.15. The molecular formula is C21H20O10. The van der Waals surface area contributed by atoms with Crippen molar-refractivity contribution in [1.29, 1.82) is 0 Å². The lowest BCUT2D eigenvalue weighted by molar-refractivity contribution is -0.277. The Morgan fingerprint density at radius 2 is 1.68 bits per heavy atom. The van der Waals surface area contributed by atoms with Crippen molar-refractivity contribution in [3.63, 3.8) is 0 Å². The molecule has 0 saturated carbocycles. The molecule has 3 aromatic rings. The van der Waals surface area contributed by atoms with Crippen LogP contribution in [0.15, 0.2) is 51.7 Å². The van der Waals surface area contributed by atoms with Crippen LogP contribution in [0.3, 0.4) is 0 Å². The summed E-state index contributed by atoms with van der Waals surface area (Å²) < 4.78 is 16.6. The van der Waals surface area contributed by atoms with Crippen molar-refractivity contribution in [2.24, 2.45) is 0 Å². The van der Waals surface area contributed by atoms with Gasteiger partial charge in [0.1, 0.15) is 41.5 Å². The van der Waals surface area contributed by atoms with Crippen LogP contribution in [0.4, 0.5) is 0 Å². The van der Waals surface area contributed by atoms with Crippen LogP contribution in [0.5, 0.6) is 17.2 Å². The molecular weight excluding hydrogens is 412 g/mol. The fraction of sp³-hybridized carbons (Fsp3) is 0.286. The van der Waals surface area contributed by atoms with E-state index in [4.69, 9.17) is 13.9 Å². The number of fused-ring (bicyclic) bond motifs is 1. The van der Waals surface area contributed by atoms with Gasteiger partial charge < -0.3 is 44.5 Å². The highest BCUT2D eigenvalue weighted by Crippen LogP contribution is 2.32. The minimum Gasteiger partial charge on any atom is -0.504 e. The van der Waals surface area contributed by atoms with Gasteiger partial charge in [0.2, 0.25) is 6.29 Å². The highest BCUT2D eigenvalue weighted by Gasteiger charge is 2.44. The molecule has 0 bridgehead atoms. The zero-order valence-electron chi connectivity index (χ0n) is 16.0. The topological polar surface area (TPSA) is 170 Å². The van der Waals surface area contributed by atoms with E-state index in [0.717, 1.165) is 0 Å². The fourth-order valence-electron chi connectivity index (χ4n) is 3.33. The minimum absolute atomic E-state index is 0.130. The largest absolute Gasteiger partial charge is 0.504 e. The maximum Gasteiger partial charge on any atom is 0.229 e. The molecule has 5 atom stereocenters. The molecule has 0 radical (unpaired) electrons. The summed E-state index contributed by atoms with van der Waals surface area (Å²) in [6, 6.07) is 9.47. The van der Waals surface area contributed by atoms with E-state index >= 15 is 0 Å². The van der Waals surface area contributed by atoms with E-state index in [0.29, 0.717) is 5.56 Å². The van der Waals surface area contributed by atoms with E-state index in [1.54, 1.807) is 0 Å². The van der Waals surface area contributed by atoms with E-state index in [-0.39, 0.29) is 39.4 Å². The predicted molar refractivity (Wildman–Crippen MR) is 106 cm³/mol. The van der Waals surface area contributed by atoms with Crippen molar-refractivity contribution in [2.45, 2.75) is 30.7 Å². The van der Waals surface area contributed by atoms with Crippen LogP contribution >= 0.6 is 0 Å². The lowest BCUT2D eigenvalue weighted by Gasteiger charge is -2.39.